The van der Waals surface area contributed by atoms with Crippen LogP contribution < -0.4 is 0 Å². The third-order valence-electron chi connectivity index (χ3n) is 6.88. The van der Waals surface area contributed by atoms with Gasteiger partial charge < -0.3 is 20.1 Å². The van der Waals surface area contributed by atoms with Crippen molar-refractivity contribution in [1.82, 2.24) is 19.6 Å². The van der Waals surface area contributed by atoms with Gasteiger partial charge in [0.05, 0.1) is 43.3 Å². The lowest BCUT2D eigenvalue weighted by Crippen LogP contribution is -2.26. The molecular weight excluding hydrogens is 554 g/mol. The predicted octanol–water partition coefficient (Wildman–Crippen LogP) is 4.63. The number of carbonyl (C=O) groups excluding carboxylic acids is 1. The number of carboxylic acids is 1. The Morgan fingerprint density at radius 2 is 1.18 bits per heavy atom. The van der Waals surface area contributed by atoms with E-state index in [0.717, 1.165) is 21.8 Å². The number of nitrogens with zero attached hydrogens (tertiary/aromatic N) is 4. The van der Waals surface area contributed by atoms with Crippen molar-refractivity contribution in [3.63, 3.8) is 0 Å². The van der Waals surface area contributed by atoms with Crippen LogP contribution in [0.15, 0.2) is 12.4 Å². The van der Waals surface area contributed by atoms with Crippen molar-refractivity contribution in [3.8, 4) is 0 Å². The Balaban J connectivity index is 0.000000222. The largest absolute Gasteiger partial charge is 0.478 e. The highest BCUT2D eigenvalue weighted by Gasteiger charge is 2.43. The highest BCUT2D eigenvalue weighted by molar-refractivity contribution is 5.90. The standard InChI is InChI=1S/C13H17F3N2O3.C11H13F3N2O3/c1-2-21-12(20)10-7-17-18(11(10)13(14,15)16)8-3-5-9(19)6-4-8;12-11(13,14)9-8(10(18)19)5-15-16(9)6-1-3-7(17)4-2-6/h7-9,19H,2-6H2,1H3;5-7,17H,1-4H2,(H,18,19). The second kappa shape index (κ2) is 12.6. The third-order valence-corrected chi connectivity index (χ3v) is 6.88. The van der Waals surface area contributed by atoms with Crippen LogP contribution in [0.1, 0.15) is 102 Å². The van der Waals surface area contributed by atoms with Gasteiger partial charge in [0.2, 0.25) is 0 Å². The fraction of sp³-hybridized carbons (Fsp3) is 0.667. The van der Waals surface area contributed by atoms with Crippen molar-refractivity contribution in [2.75, 3.05) is 6.61 Å². The highest BCUT2D eigenvalue weighted by Crippen LogP contribution is 2.39. The quantitative estimate of drug-likeness (QED) is 0.342. The van der Waals surface area contributed by atoms with Gasteiger partial charge >= 0.3 is 24.3 Å². The van der Waals surface area contributed by atoms with Crippen molar-refractivity contribution >= 4 is 11.9 Å². The summed E-state index contributed by atoms with van der Waals surface area (Å²) in [5, 5.41) is 34.9. The first kappa shape index (κ1) is 31.4. The average molecular weight is 585 g/mol. The minimum absolute atomic E-state index is 0.00304. The molecule has 0 amide bonds. The zero-order valence-electron chi connectivity index (χ0n) is 21.5. The van der Waals surface area contributed by atoms with Crippen LogP contribution in [0.5, 0.6) is 0 Å². The van der Waals surface area contributed by atoms with Crippen LogP contribution in [0.2, 0.25) is 0 Å². The minimum atomic E-state index is -4.76. The third kappa shape index (κ3) is 7.33. The number of carbonyl (C=O) groups is 2. The van der Waals surface area contributed by atoms with E-state index in [-0.39, 0.29) is 6.61 Å². The molecule has 0 saturated heterocycles. The zero-order chi connectivity index (χ0) is 29.8. The van der Waals surface area contributed by atoms with Gasteiger partial charge in [-0.15, -0.1) is 0 Å². The number of ether oxygens (including phenoxy) is 1. The van der Waals surface area contributed by atoms with E-state index in [1.54, 1.807) is 0 Å². The molecule has 224 valence electrons. The van der Waals surface area contributed by atoms with E-state index in [4.69, 9.17) is 5.11 Å². The molecule has 16 heteroatoms. The van der Waals surface area contributed by atoms with Crippen LogP contribution in [0, 0.1) is 0 Å². The average Bonchev–Trinajstić information content (AvgIpc) is 3.51. The molecule has 0 aliphatic heterocycles. The Hall–Kier alpha value is -3.14. The molecule has 0 radical (unpaired) electrons. The number of aromatic carboxylic acids is 1. The number of rotatable bonds is 5. The fourth-order valence-corrected chi connectivity index (χ4v) is 4.96. The summed E-state index contributed by atoms with van der Waals surface area (Å²) < 4.78 is 84.9. The molecule has 3 N–H and O–H groups in total. The summed E-state index contributed by atoms with van der Waals surface area (Å²) in [5.41, 5.74) is -3.68. The highest BCUT2D eigenvalue weighted by atomic mass is 19.4. The van der Waals surface area contributed by atoms with Gasteiger partial charge in [-0.05, 0) is 58.3 Å². The number of hydrogen-bond donors (Lipinski definition) is 3. The number of aliphatic hydroxyl groups is 2. The fourth-order valence-electron chi connectivity index (χ4n) is 4.96. The van der Waals surface area contributed by atoms with E-state index < -0.39 is 71.1 Å². The first-order valence-electron chi connectivity index (χ1n) is 12.7. The van der Waals surface area contributed by atoms with Crippen LogP contribution in [0.3, 0.4) is 0 Å². The lowest BCUT2D eigenvalue weighted by Gasteiger charge is -2.27. The lowest BCUT2D eigenvalue weighted by atomic mass is 9.93. The number of alkyl halides is 6. The molecule has 2 saturated carbocycles. The summed E-state index contributed by atoms with van der Waals surface area (Å²) in [6, 6.07) is -0.985. The first-order chi connectivity index (χ1) is 18.6. The summed E-state index contributed by atoms with van der Waals surface area (Å²) in [6.07, 6.45) is -5.65. The summed E-state index contributed by atoms with van der Waals surface area (Å²) in [4.78, 5) is 22.5. The Morgan fingerprint density at radius 1 is 0.800 bits per heavy atom. The minimum Gasteiger partial charge on any atom is -0.478 e. The van der Waals surface area contributed by atoms with Crippen molar-refractivity contribution in [3.05, 3.63) is 34.9 Å². The van der Waals surface area contributed by atoms with Gasteiger partial charge in [0.15, 0.2) is 11.4 Å². The molecule has 4 rings (SSSR count). The maximum absolute atomic E-state index is 13.3. The Labute approximate surface area is 224 Å². The Kier molecular flexibility index (Phi) is 9.87. The molecule has 2 fully saturated rings. The molecule has 0 unspecified atom stereocenters. The smallest absolute Gasteiger partial charge is 0.433 e. The summed E-state index contributed by atoms with van der Waals surface area (Å²) in [7, 11) is 0. The van der Waals surface area contributed by atoms with Gasteiger partial charge in [0.1, 0.15) is 11.1 Å². The molecule has 2 heterocycles. The van der Waals surface area contributed by atoms with Crippen LogP contribution in [0.4, 0.5) is 26.3 Å². The molecule has 2 aromatic heterocycles. The van der Waals surface area contributed by atoms with E-state index in [1.807, 2.05) is 0 Å². The van der Waals surface area contributed by atoms with Crippen molar-refractivity contribution < 1.29 is 56.0 Å². The van der Waals surface area contributed by atoms with E-state index in [9.17, 15) is 46.1 Å². The van der Waals surface area contributed by atoms with Crippen molar-refractivity contribution in [2.45, 2.75) is 94.9 Å². The second-order valence-electron chi connectivity index (χ2n) is 9.65. The van der Waals surface area contributed by atoms with Gasteiger partial charge in [-0.25, -0.2) is 9.59 Å². The first-order valence-corrected chi connectivity index (χ1v) is 12.7. The molecule has 0 atom stereocenters. The predicted molar refractivity (Wildman–Crippen MR) is 124 cm³/mol. The summed E-state index contributed by atoms with van der Waals surface area (Å²) >= 11 is 0. The van der Waals surface area contributed by atoms with Gasteiger partial charge in [0.25, 0.3) is 0 Å². The molecule has 0 bridgehead atoms. The van der Waals surface area contributed by atoms with Gasteiger partial charge in [-0.2, -0.15) is 36.5 Å². The molecule has 2 aliphatic rings. The normalized spacial score (nSPS) is 23.7. The lowest BCUT2D eigenvalue weighted by molar-refractivity contribution is -0.146. The number of hydrogen-bond acceptors (Lipinski definition) is 7. The monoisotopic (exact) mass is 584 g/mol. The molecule has 40 heavy (non-hydrogen) atoms. The van der Waals surface area contributed by atoms with Gasteiger partial charge in [0, 0.05) is 0 Å². The van der Waals surface area contributed by atoms with E-state index in [1.165, 1.54) is 6.92 Å². The summed E-state index contributed by atoms with van der Waals surface area (Å²) in [6.45, 7) is 1.52. The zero-order valence-corrected chi connectivity index (χ0v) is 21.5. The van der Waals surface area contributed by atoms with Crippen molar-refractivity contribution in [2.24, 2.45) is 0 Å². The van der Waals surface area contributed by atoms with Crippen molar-refractivity contribution in [1.29, 1.82) is 0 Å². The van der Waals surface area contributed by atoms with Gasteiger partial charge in [-0.1, -0.05) is 0 Å². The molecular formula is C24H30F6N4O6. The van der Waals surface area contributed by atoms with E-state index >= 15 is 0 Å². The molecule has 10 nitrogen and oxygen atoms in total. The van der Waals surface area contributed by atoms with Crippen LogP contribution in [-0.2, 0) is 17.1 Å². The molecule has 0 spiro atoms. The number of carboxylic acid groups (broad SMARTS) is 1. The van der Waals surface area contributed by atoms with E-state index in [0.29, 0.717) is 51.4 Å². The second-order valence-corrected chi connectivity index (χ2v) is 9.65. The maximum atomic E-state index is 13.3. The van der Waals surface area contributed by atoms with Crippen LogP contribution >= 0.6 is 0 Å². The SMILES string of the molecule is CCOC(=O)c1cnn(C2CCC(O)CC2)c1C(F)(F)F.O=C(O)c1cnn(C2CCC(O)CC2)c1C(F)(F)F. The number of halogens is 6. The number of aliphatic hydroxyl groups excluding tert-OH is 2. The molecule has 0 aromatic carbocycles. The maximum Gasteiger partial charge on any atom is 0.433 e. The van der Waals surface area contributed by atoms with Crippen LogP contribution in [-0.4, -0.2) is 65.6 Å². The number of aromatic nitrogens is 4. The number of esters is 1. The Bertz CT molecular complexity index is 1160. The summed E-state index contributed by atoms with van der Waals surface area (Å²) in [5.74, 6) is -2.67. The molecule has 2 aromatic rings. The van der Waals surface area contributed by atoms with Gasteiger partial charge in [-0.3, -0.25) is 9.36 Å². The topological polar surface area (TPSA) is 140 Å². The van der Waals surface area contributed by atoms with E-state index in [2.05, 4.69) is 14.9 Å². The molecule has 2 aliphatic carbocycles. The Morgan fingerprint density at radius 3 is 1.52 bits per heavy atom. The van der Waals surface area contributed by atoms with Crippen LogP contribution in [0.25, 0.3) is 0 Å².